The highest BCUT2D eigenvalue weighted by Crippen LogP contribution is 2.34. The number of hydrogen-bond acceptors (Lipinski definition) is 3. The lowest BCUT2D eigenvalue weighted by Crippen LogP contribution is -2.53. The number of anilines is 1. The summed E-state index contributed by atoms with van der Waals surface area (Å²) in [6.45, 7) is 6.67. The van der Waals surface area contributed by atoms with E-state index >= 15 is 0 Å². The fraction of sp³-hybridized carbons (Fsp3) is 0.550. The Morgan fingerprint density at radius 2 is 1.85 bits per heavy atom. The van der Waals surface area contributed by atoms with Gasteiger partial charge in [-0.15, -0.1) is 0 Å². The minimum atomic E-state index is -1.20. The van der Waals surface area contributed by atoms with Gasteiger partial charge < -0.3 is 14.9 Å². The first-order valence-corrected chi connectivity index (χ1v) is 9.22. The number of hydrogen-bond donors (Lipinski definition) is 1. The van der Waals surface area contributed by atoms with Crippen LogP contribution in [0.4, 0.5) is 5.69 Å². The third-order valence-electron chi connectivity index (χ3n) is 5.74. The predicted octanol–water partition coefficient (Wildman–Crippen LogP) is 2.63. The van der Waals surface area contributed by atoms with Crippen LogP contribution in [0.5, 0.6) is 0 Å². The van der Waals surface area contributed by atoms with E-state index in [1.54, 1.807) is 11.8 Å². The maximum Gasteiger partial charge on any atom is 0.329 e. The molecule has 2 aliphatic rings. The van der Waals surface area contributed by atoms with Crippen LogP contribution in [0.25, 0.3) is 0 Å². The van der Waals surface area contributed by atoms with E-state index in [0.29, 0.717) is 38.3 Å². The molecule has 140 valence electrons. The molecule has 1 aromatic rings. The first kappa shape index (κ1) is 18.4. The topological polar surface area (TPSA) is 77.9 Å². The minimum absolute atomic E-state index is 0.230. The van der Waals surface area contributed by atoms with Gasteiger partial charge in [-0.25, -0.2) is 4.79 Å². The summed E-state index contributed by atoms with van der Waals surface area (Å²) < 4.78 is 0. The largest absolute Gasteiger partial charge is 0.480 e. The van der Waals surface area contributed by atoms with E-state index in [1.165, 1.54) is 10.5 Å². The quantitative estimate of drug-likeness (QED) is 0.840. The Hall–Kier alpha value is -2.37. The maximum absolute atomic E-state index is 12.9. The fourth-order valence-electron chi connectivity index (χ4n) is 3.93. The number of carbonyl (C=O) groups is 3. The van der Waals surface area contributed by atoms with Crippen molar-refractivity contribution < 1.29 is 19.5 Å². The van der Waals surface area contributed by atoms with Crippen molar-refractivity contribution in [3.05, 3.63) is 29.8 Å². The molecule has 2 saturated heterocycles. The molecule has 2 fully saturated rings. The second kappa shape index (κ2) is 6.74. The number of nitrogens with zero attached hydrogens (tertiary/aromatic N) is 2. The SMILES string of the molecule is CC(C)c1ccc(N2CCC(C(=O)N3CCCC3(C)C(=O)O)C2=O)cc1. The number of carboxylic acid groups (broad SMARTS) is 1. The van der Waals surface area contributed by atoms with Gasteiger partial charge in [0, 0.05) is 18.8 Å². The molecular weight excluding hydrogens is 332 g/mol. The number of aliphatic carboxylic acids is 1. The summed E-state index contributed by atoms with van der Waals surface area (Å²) in [5.74, 6) is -1.95. The molecule has 0 saturated carbocycles. The summed E-state index contributed by atoms with van der Waals surface area (Å²) >= 11 is 0. The molecule has 1 aromatic carbocycles. The fourth-order valence-corrected chi connectivity index (χ4v) is 3.93. The maximum atomic E-state index is 12.9. The monoisotopic (exact) mass is 358 g/mol. The highest BCUT2D eigenvalue weighted by molar-refractivity contribution is 6.10. The molecule has 2 unspecified atom stereocenters. The molecule has 2 aliphatic heterocycles. The summed E-state index contributed by atoms with van der Waals surface area (Å²) in [5, 5.41) is 9.51. The van der Waals surface area contributed by atoms with Gasteiger partial charge in [0.05, 0.1) is 0 Å². The highest BCUT2D eigenvalue weighted by Gasteiger charge is 2.50. The second-order valence-corrected chi connectivity index (χ2v) is 7.75. The van der Waals surface area contributed by atoms with E-state index in [-0.39, 0.29) is 11.8 Å². The molecule has 2 heterocycles. The summed E-state index contributed by atoms with van der Waals surface area (Å²) in [4.78, 5) is 40.4. The van der Waals surface area contributed by atoms with E-state index in [2.05, 4.69) is 13.8 Å². The van der Waals surface area contributed by atoms with Gasteiger partial charge in [-0.05, 0) is 49.8 Å². The predicted molar refractivity (Wildman–Crippen MR) is 98.0 cm³/mol. The minimum Gasteiger partial charge on any atom is -0.480 e. The van der Waals surface area contributed by atoms with E-state index in [1.807, 2.05) is 24.3 Å². The molecular formula is C20H26N2O4. The third kappa shape index (κ3) is 2.97. The molecule has 6 heteroatoms. The lowest BCUT2D eigenvalue weighted by atomic mass is 9.97. The van der Waals surface area contributed by atoms with E-state index < -0.39 is 17.4 Å². The smallest absolute Gasteiger partial charge is 0.329 e. The van der Waals surface area contributed by atoms with Crippen molar-refractivity contribution in [1.29, 1.82) is 0 Å². The standard InChI is InChI=1S/C20H26N2O4/c1-13(2)14-5-7-15(8-6-14)21-12-9-16(17(21)23)18(24)22-11-4-10-20(22,3)19(25)26/h5-8,13,16H,4,9-12H2,1-3H3,(H,25,26). The molecule has 0 aromatic heterocycles. The lowest BCUT2D eigenvalue weighted by molar-refractivity contribution is -0.157. The van der Waals surface area contributed by atoms with Crippen LogP contribution in [0.2, 0.25) is 0 Å². The molecule has 6 nitrogen and oxygen atoms in total. The molecule has 0 radical (unpaired) electrons. The van der Waals surface area contributed by atoms with Crippen LogP contribution in [-0.4, -0.2) is 46.4 Å². The summed E-state index contributed by atoms with van der Waals surface area (Å²) in [6.07, 6.45) is 1.50. The summed E-state index contributed by atoms with van der Waals surface area (Å²) in [6, 6.07) is 7.84. The van der Waals surface area contributed by atoms with Crippen LogP contribution >= 0.6 is 0 Å². The van der Waals surface area contributed by atoms with Gasteiger partial charge >= 0.3 is 5.97 Å². The molecule has 0 bridgehead atoms. The van der Waals surface area contributed by atoms with Gasteiger partial charge in [-0.2, -0.15) is 0 Å². The Morgan fingerprint density at radius 1 is 1.19 bits per heavy atom. The average Bonchev–Trinajstić information content (AvgIpc) is 3.18. The van der Waals surface area contributed by atoms with Crippen molar-refractivity contribution in [2.24, 2.45) is 5.92 Å². The van der Waals surface area contributed by atoms with Gasteiger partial charge in [0.15, 0.2) is 0 Å². The van der Waals surface area contributed by atoms with Crippen molar-refractivity contribution in [1.82, 2.24) is 4.90 Å². The Morgan fingerprint density at radius 3 is 2.42 bits per heavy atom. The molecule has 3 rings (SSSR count). The first-order chi connectivity index (χ1) is 12.3. The van der Waals surface area contributed by atoms with Crippen molar-refractivity contribution >= 4 is 23.5 Å². The Labute approximate surface area is 153 Å². The van der Waals surface area contributed by atoms with Crippen molar-refractivity contribution in [2.75, 3.05) is 18.0 Å². The molecule has 2 amide bonds. The van der Waals surface area contributed by atoms with Gasteiger partial charge in [-0.3, -0.25) is 9.59 Å². The van der Waals surface area contributed by atoms with Crippen LogP contribution in [0.1, 0.15) is 51.5 Å². The number of rotatable bonds is 4. The van der Waals surface area contributed by atoms with Crippen LogP contribution in [0.3, 0.4) is 0 Å². The molecule has 0 spiro atoms. The van der Waals surface area contributed by atoms with E-state index in [0.717, 1.165) is 5.69 Å². The Kier molecular flexibility index (Phi) is 4.78. The van der Waals surface area contributed by atoms with Crippen molar-refractivity contribution in [3.63, 3.8) is 0 Å². The summed E-state index contributed by atoms with van der Waals surface area (Å²) in [5.41, 5.74) is 0.781. The normalized spacial score (nSPS) is 26.0. The Bertz CT molecular complexity index is 728. The number of carbonyl (C=O) groups excluding carboxylic acids is 2. The van der Waals surface area contributed by atoms with Crippen LogP contribution in [-0.2, 0) is 14.4 Å². The zero-order valence-electron chi connectivity index (χ0n) is 15.6. The number of benzene rings is 1. The van der Waals surface area contributed by atoms with Crippen molar-refractivity contribution in [2.45, 2.75) is 51.5 Å². The van der Waals surface area contributed by atoms with Crippen LogP contribution in [0.15, 0.2) is 24.3 Å². The third-order valence-corrected chi connectivity index (χ3v) is 5.74. The lowest BCUT2D eigenvalue weighted by Gasteiger charge is -2.32. The molecule has 2 atom stereocenters. The van der Waals surface area contributed by atoms with E-state index in [9.17, 15) is 19.5 Å². The van der Waals surface area contributed by atoms with Gasteiger partial charge in [0.1, 0.15) is 11.5 Å². The van der Waals surface area contributed by atoms with Gasteiger partial charge in [0.25, 0.3) is 0 Å². The number of likely N-dealkylation sites (tertiary alicyclic amines) is 1. The van der Waals surface area contributed by atoms with Crippen molar-refractivity contribution in [3.8, 4) is 0 Å². The molecule has 1 N–H and O–H groups in total. The zero-order valence-corrected chi connectivity index (χ0v) is 15.6. The van der Waals surface area contributed by atoms with Crippen LogP contribution < -0.4 is 4.90 Å². The van der Waals surface area contributed by atoms with E-state index in [4.69, 9.17) is 0 Å². The van der Waals surface area contributed by atoms with Gasteiger partial charge in [0.2, 0.25) is 11.8 Å². The second-order valence-electron chi connectivity index (χ2n) is 7.75. The molecule has 26 heavy (non-hydrogen) atoms. The van der Waals surface area contributed by atoms with Crippen LogP contribution in [0, 0.1) is 5.92 Å². The Balaban J connectivity index is 1.76. The first-order valence-electron chi connectivity index (χ1n) is 9.22. The highest BCUT2D eigenvalue weighted by atomic mass is 16.4. The zero-order chi connectivity index (χ0) is 19.1. The molecule has 0 aliphatic carbocycles. The summed E-state index contributed by atoms with van der Waals surface area (Å²) in [7, 11) is 0. The average molecular weight is 358 g/mol. The van der Waals surface area contributed by atoms with Gasteiger partial charge in [-0.1, -0.05) is 26.0 Å². The number of amides is 2. The number of carboxylic acids is 1.